The van der Waals surface area contributed by atoms with E-state index >= 15 is 0 Å². The van der Waals surface area contributed by atoms with Crippen LogP contribution >= 0.6 is 0 Å². The maximum atomic E-state index is 12.8. The summed E-state index contributed by atoms with van der Waals surface area (Å²) in [7, 11) is 1.77. The predicted molar refractivity (Wildman–Crippen MR) is 92.2 cm³/mol. The van der Waals surface area contributed by atoms with E-state index in [4.69, 9.17) is 4.74 Å². The number of carbonyl (C=O) groups is 2. The Hall–Kier alpha value is -2.89. The molecule has 0 N–H and O–H groups in total. The Morgan fingerprint density at radius 3 is 2.80 bits per heavy atom. The standard InChI is InChI=1S/C19H19N3O3/c1-12(23)22-10-16-18(11-22)25-17-8-13(14-4-3-7-20-9-14)5-6-15(17)19(24)21(16)2/h3-9,16,18H,10-11H2,1-2H3. The highest BCUT2D eigenvalue weighted by Crippen LogP contribution is 2.34. The van der Waals surface area contributed by atoms with Gasteiger partial charge in [0.25, 0.3) is 5.91 Å². The van der Waals surface area contributed by atoms with Crippen molar-refractivity contribution in [3.8, 4) is 16.9 Å². The molecule has 0 radical (unpaired) electrons. The molecule has 4 rings (SSSR count). The number of fused-ring (bicyclic) bond motifs is 2. The Morgan fingerprint density at radius 1 is 1.24 bits per heavy atom. The predicted octanol–water partition coefficient (Wildman–Crippen LogP) is 1.81. The molecule has 0 aliphatic carbocycles. The minimum absolute atomic E-state index is 0.00172. The zero-order valence-electron chi connectivity index (χ0n) is 14.2. The van der Waals surface area contributed by atoms with Crippen LogP contribution in [0.5, 0.6) is 5.75 Å². The molecule has 0 saturated carbocycles. The van der Waals surface area contributed by atoms with E-state index in [0.29, 0.717) is 24.4 Å². The van der Waals surface area contributed by atoms with Crippen LogP contribution in [0.25, 0.3) is 11.1 Å². The summed E-state index contributed by atoms with van der Waals surface area (Å²) in [5, 5.41) is 0. The minimum Gasteiger partial charge on any atom is -0.485 e. The van der Waals surface area contributed by atoms with Crippen LogP contribution in [0.2, 0.25) is 0 Å². The zero-order chi connectivity index (χ0) is 17.6. The second-order valence-electron chi connectivity index (χ2n) is 6.52. The third-order valence-electron chi connectivity index (χ3n) is 4.99. The van der Waals surface area contributed by atoms with Crippen LogP contribution in [0.4, 0.5) is 0 Å². The molecule has 3 heterocycles. The van der Waals surface area contributed by atoms with Gasteiger partial charge in [-0.2, -0.15) is 0 Å². The van der Waals surface area contributed by atoms with Gasteiger partial charge in [0.05, 0.1) is 18.2 Å². The monoisotopic (exact) mass is 337 g/mol. The summed E-state index contributed by atoms with van der Waals surface area (Å²) in [4.78, 5) is 32.1. The van der Waals surface area contributed by atoms with Gasteiger partial charge in [-0.05, 0) is 23.8 Å². The number of amides is 2. The minimum atomic E-state index is -0.219. The number of aromatic nitrogens is 1. The van der Waals surface area contributed by atoms with Crippen LogP contribution in [-0.2, 0) is 4.79 Å². The first kappa shape index (κ1) is 15.6. The van der Waals surface area contributed by atoms with E-state index in [1.165, 1.54) is 0 Å². The van der Waals surface area contributed by atoms with E-state index in [-0.39, 0.29) is 24.0 Å². The first-order valence-electron chi connectivity index (χ1n) is 8.28. The summed E-state index contributed by atoms with van der Waals surface area (Å²) >= 11 is 0. The Labute approximate surface area is 146 Å². The lowest BCUT2D eigenvalue weighted by molar-refractivity contribution is -0.128. The van der Waals surface area contributed by atoms with E-state index in [0.717, 1.165) is 11.1 Å². The summed E-state index contributed by atoms with van der Waals surface area (Å²) in [6.45, 7) is 2.54. The van der Waals surface area contributed by atoms with Crippen LogP contribution in [0.1, 0.15) is 17.3 Å². The molecule has 1 fully saturated rings. The molecule has 6 nitrogen and oxygen atoms in total. The highest BCUT2D eigenvalue weighted by Gasteiger charge is 2.43. The Bertz CT molecular complexity index is 837. The molecular formula is C19H19N3O3. The number of carbonyl (C=O) groups excluding carboxylic acids is 2. The van der Waals surface area contributed by atoms with Gasteiger partial charge < -0.3 is 14.5 Å². The number of ether oxygens (including phenoxy) is 1. The van der Waals surface area contributed by atoms with E-state index in [1.54, 1.807) is 42.2 Å². The lowest BCUT2D eigenvalue weighted by Gasteiger charge is -2.24. The summed E-state index contributed by atoms with van der Waals surface area (Å²) in [6.07, 6.45) is 3.28. The first-order valence-corrected chi connectivity index (χ1v) is 8.28. The van der Waals surface area contributed by atoms with Crippen molar-refractivity contribution in [3.05, 3.63) is 48.3 Å². The molecule has 6 heteroatoms. The van der Waals surface area contributed by atoms with Crippen molar-refractivity contribution >= 4 is 11.8 Å². The molecule has 0 bridgehead atoms. The number of hydrogen-bond acceptors (Lipinski definition) is 4. The molecule has 2 aromatic rings. The molecule has 1 aromatic carbocycles. The van der Waals surface area contributed by atoms with Crippen LogP contribution < -0.4 is 4.74 Å². The van der Waals surface area contributed by atoms with Gasteiger partial charge >= 0.3 is 0 Å². The van der Waals surface area contributed by atoms with Crippen LogP contribution in [0.3, 0.4) is 0 Å². The van der Waals surface area contributed by atoms with E-state index in [1.807, 2.05) is 24.3 Å². The van der Waals surface area contributed by atoms with Gasteiger partial charge in [0.1, 0.15) is 11.9 Å². The second-order valence-corrected chi connectivity index (χ2v) is 6.52. The van der Waals surface area contributed by atoms with Crippen LogP contribution in [-0.4, -0.2) is 58.9 Å². The summed E-state index contributed by atoms with van der Waals surface area (Å²) in [5.74, 6) is 0.489. The fraction of sp³-hybridized carbons (Fsp3) is 0.316. The molecular weight excluding hydrogens is 318 g/mol. The molecule has 1 aromatic heterocycles. The number of hydrogen-bond donors (Lipinski definition) is 0. The van der Waals surface area contributed by atoms with Gasteiger partial charge in [-0.15, -0.1) is 0 Å². The fourth-order valence-corrected chi connectivity index (χ4v) is 3.51. The molecule has 1 saturated heterocycles. The Balaban J connectivity index is 1.73. The third-order valence-corrected chi connectivity index (χ3v) is 4.99. The highest BCUT2D eigenvalue weighted by molar-refractivity contribution is 5.98. The molecule has 2 unspecified atom stereocenters. The first-order chi connectivity index (χ1) is 12.0. The topological polar surface area (TPSA) is 62.7 Å². The maximum Gasteiger partial charge on any atom is 0.257 e. The molecule has 2 aliphatic heterocycles. The summed E-state index contributed by atoms with van der Waals surface area (Å²) in [5.41, 5.74) is 2.47. The SMILES string of the molecule is CC(=O)N1CC2Oc3cc(-c4cccnc4)ccc3C(=O)N(C)C2C1. The van der Waals surface area contributed by atoms with Crippen LogP contribution in [0, 0.1) is 0 Å². The number of benzene rings is 1. The zero-order valence-corrected chi connectivity index (χ0v) is 14.2. The van der Waals surface area contributed by atoms with Crippen LogP contribution in [0.15, 0.2) is 42.7 Å². The molecule has 2 amide bonds. The lowest BCUT2D eigenvalue weighted by Crippen LogP contribution is -2.44. The Kier molecular flexibility index (Phi) is 3.67. The molecule has 128 valence electrons. The average Bonchev–Trinajstić information content (AvgIpc) is 3.02. The number of likely N-dealkylation sites (N-methyl/N-ethyl adjacent to an activating group) is 1. The van der Waals surface area contributed by atoms with Gasteiger partial charge in [-0.25, -0.2) is 0 Å². The van der Waals surface area contributed by atoms with Crippen molar-refractivity contribution in [2.45, 2.75) is 19.1 Å². The van der Waals surface area contributed by atoms with Gasteiger partial charge in [0.15, 0.2) is 0 Å². The van der Waals surface area contributed by atoms with Crippen molar-refractivity contribution in [3.63, 3.8) is 0 Å². The maximum absolute atomic E-state index is 12.8. The molecule has 0 spiro atoms. The van der Waals surface area contributed by atoms with Crippen molar-refractivity contribution in [2.24, 2.45) is 0 Å². The summed E-state index contributed by atoms with van der Waals surface area (Å²) in [6, 6.07) is 9.31. The smallest absolute Gasteiger partial charge is 0.257 e. The highest BCUT2D eigenvalue weighted by atomic mass is 16.5. The Morgan fingerprint density at radius 2 is 2.08 bits per heavy atom. The van der Waals surface area contributed by atoms with E-state index in [9.17, 15) is 9.59 Å². The van der Waals surface area contributed by atoms with Crippen molar-refractivity contribution in [1.29, 1.82) is 0 Å². The second kappa shape index (κ2) is 5.88. The van der Waals surface area contributed by atoms with Gasteiger partial charge in [0, 0.05) is 38.5 Å². The van der Waals surface area contributed by atoms with Crippen molar-refractivity contribution in [2.75, 3.05) is 20.1 Å². The third kappa shape index (κ3) is 2.63. The van der Waals surface area contributed by atoms with E-state index in [2.05, 4.69) is 4.98 Å². The van der Waals surface area contributed by atoms with E-state index < -0.39 is 0 Å². The van der Waals surface area contributed by atoms with Gasteiger partial charge in [-0.1, -0.05) is 12.1 Å². The van der Waals surface area contributed by atoms with Crippen molar-refractivity contribution < 1.29 is 14.3 Å². The molecule has 25 heavy (non-hydrogen) atoms. The number of likely N-dealkylation sites (tertiary alicyclic amines) is 1. The fourth-order valence-electron chi connectivity index (χ4n) is 3.51. The molecule has 2 aliphatic rings. The normalized spacial score (nSPS) is 22.1. The van der Waals surface area contributed by atoms with Crippen molar-refractivity contribution in [1.82, 2.24) is 14.8 Å². The number of nitrogens with zero attached hydrogens (tertiary/aromatic N) is 3. The lowest BCUT2D eigenvalue weighted by atomic mass is 10.0. The average molecular weight is 337 g/mol. The largest absolute Gasteiger partial charge is 0.485 e. The number of rotatable bonds is 1. The number of pyridine rings is 1. The van der Waals surface area contributed by atoms with Gasteiger partial charge in [0.2, 0.25) is 5.91 Å². The summed E-state index contributed by atoms with van der Waals surface area (Å²) < 4.78 is 6.19. The van der Waals surface area contributed by atoms with Gasteiger partial charge in [-0.3, -0.25) is 14.6 Å². The molecule has 2 atom stereocenters. The quantitative estimate of drug-likeness (QED) is 0.796.